The van der Waals surface area contributed by atoms with Gasteiger partial charge in [0.15, 0.2) is 5.60 Å². The maximum atomic E-state index is 13.2. The number of alkyl halides is 3. The summed E-state index contributed by atoms with van der Waals surface area (Å²) in [6.45, 7) is 4.91. The lowest BCUT2D eigenvalue weighted by atomic mass is 9.96. The second-order valence-electron chi connectivity index (χ2n) is 9.83. The van der Waals surface area contributed by atoms with E-state index < -0.39 is 27.4 Å². The molecule has 4 rings (SSSR count). The van der Waals surface area contributed by atoms with Crippen LogP contribution in [0.5, 0.6) is 0 Å². The Morgan fingerprint density at radius 1 is 1.15 bits per heavy atom. The lowest BCUT2D eigenvalue weighted by Gasteiger charge is -2.40. The summed E-state index contributed by atoms with van der Waals surface area (Å²) in [4.78, 5) is 6.43. The van der Waals surface area contributed by atoms with E-state index in [0.717, 1.165) is 50.1 Å². The highest BCUT2D eigenvalue weighted by molar-refractivity contribution is 7.89. The summed E-state index contributed by atoms with van der Waals surface area (Å²) in [5, 5.41) is 9.83. The SMILES string of the molecule is C[C@@H]1CN(CC2(Cc3cccnc3)CC2)CCN1S(=O)(=O)c1ccc(C(C)(O)C(F)(F)F)cc1. The van der Waals surface area contributed by atoms with Crippen molar-refractivity contribution in [3.05, 3.63) is 59.9 Å². The van der Waals surface area contributed by atoms with Crippen molar-refractivity contribution >= 4 is 10.0 Å². The van der Waals surface area contributed by atoms with Gasteiger partial charge in [0.1, 0.15) is 0 Å². The molecule has 2 aromatic rings. The molecule has 0 spiro atoms. The molecule has 1 saturated heterocycles. The molecular weight excluding hydrogens is 467 g/mol. The Morgan fingerprint density at radius 3 is 2.35 bits per heavy atom. The number of sulfonamides is 1. The summed E-state index contributed by atoms with van der Waals surface area (Å²) in [6, 6.07) is 8.07. The van der Waals surface area contributed by atoms with E-state index in [4.69, 9.17) is 0 Å². The molecule has 2 fully saturated rings. The van der Waals surface area contributed by atoms with Gasteiger partial charge in [-0.25, -0.2) is 8.42 Å². The van der Waals surface area contributed by atoms with Gasteiger partial charge in [-0.3, -0.25) is 9.88 Å². The normalized spacial score (nSPS) is 23.4. The molecule has 186 valence electrons. The smallest absolute Gasteiger partial charge is 0.376 e. The van der Waals surface area contributed by atoms with Crippen LogP contribution in [0.4, 0.5) is 13.2 Å². The Labute approximate surface area is 198 Å². The zero-order valence-electron chi connectivity index (χ0n) is 19.3. The molecule has 1 aromatic heterocycles. The van der Waals surface area contributed by atoms with Crippen molar-refractivity contribution in [2.75, 3.05) is 26.2 Å². The van der Waals surface area contributed by atoms with E-state index >= 15 is 0 Å². The van der Waals surface area contributed by atoms with Gasteiger partial charge in [-0.1, -0.05) is 18.2 Å². The van der Waals surface area contributed by atoms with E-state index in [1.165, 1.54) is 9.87 Å². The Morgan fingerprint density at radius 2 is 1.82 bits per heavy atom. The van der Waals surface area contributed by atoms with Gasteiger partial charge >= 0.3 is 6.18 Å². The molecule has 1 aliphatic carbocycles. The molecular formula is C24H30F3N3O3S. The van der Waals surface area contributed by atoms with Crippen LogP contribution in [-0.4, -0.2) is 66.1 Å². The molecule has 0 radical (unpaired) electrons. The summed E-state index contributed by atoms with van der Waals surface area (Å²) in [5.41, 5.74) is -2.03. The number of halogens is 3. The minimum atomic E-state index is -4.87. The van der Waals surface area contributed by atoms with Gasteiger partial charge in [0, 0.05) is 44.6 Å². The average molecular weight is 498 g/mol. The monoisotopic (exact) mass is 497 g/mol. The summed E-state index contributed by atoms with van der Waals surface area (Å²) in [6.07, 6.45) is 2.03. The highest BCUT2D eigenvalue weighted by Gasteiger charge is 2.51. The first kappa shape index (κ1) is 25.1. The molecule has 1 saturated carbocycles. The van der Waals surface area contributed by atoms with Gasteiger partial charge in [-0.15, -0.1) is 0 Å². The van der Waals surface area contributed by atoms with Crippen molar-refractivity contribution in [2.24, 2.45) is 5.41 Å². The largest absolute Gasteiger partial charge is 0.421 e. The maximum Gasteiger partial charge on any atom is 0.421 e. The van der Waals surface area contributed by atoms with Crippen molar-refractivity contribution < 1.29 is 26.7 Å². The summed E-state index contributed by atoms with van der Waals surface area (Å²) in [5.74, 6) is 0. The quantitative estimate of drug-likeness (QED) is 0.633. The van der Waals surface area contributed by atoms with Crippen LogP contribution in [0.25, 0.3) is 0 Å². The van der Waals surface area contributed by atoms with E-state index in [1.54, 1.807) is 6.20 Å². The standard InChI is InChI=1S/C24H30F3N3O3S/c1-18-16-29(17-23(9-10-23)14-19-4-3-11-28-15-19)12-13-30(18)34(32,33)21-7-5-20(6-8-21)22(2,31)24(25,26)27/h3-8,11,15,18,31H,9-10,12-14,16-17H2,1-2H3/t18-,22?/m1/s1. The van der Waals surface area contributed by atoms with E-state index in [9.17, 15) is 26.7 Å². The van der Waals surface area contributed by atoms with Crippen molar-refractivity contribution in [3.63, 3.8) is 0 Å². The van der Waals surface area contributed by atoms with Gasteiger partial charge in [0.05, 0.1) is 4.90 Å². The predicted molar refractivity (Wildman–Crippen MR) is 121 cm³/mol. The lowest BCUT2D eigenvalue weighted by Crippen LogP contribution is -2.54. The van der Waals surface area contributed by atoms with Crippen molar-refractivity contribution in [1.82, 2.24) is 14.2 Å². The van der Waals surface area contributed by atoms with Crippen LogP contribution >= 0.6 is 0 Å². The first-order valence-corrected chi connectivity index (χ1v) is 12.8. The highest BCUT2D eigenvalue weighted by atomic mass is 32.2. The van der Waals surface area contributed by atoms with E-state index in [0.29, 0.717) is 26.6 Å². The summed E-state index contributed by atoms with van der Waals surface area (Å²) in [7, 11) is -3.87. The van der Waals surface area contributed by atoms with Crippen molar-refractivity contribution in [3.8, 4) is 0 Å². The molecule has 1 aliphatic heterocycles. The zero-order valence-corrected chi connectivity index (χ0v) is 20.1. The third kappa shape index (κ3) is 5.00. The van der Waals surface area contributed by atoms with Crippen LogP contribution in [-0.2, 0) is 22.0 Å². The summed E-state index contributed by atoms with van der Waals surface area (Å²) < 4.78 is 67.1. The minimum Gasteiger partial charge on any atom is -0.376 e. The lowest BCUT2D eigenvalue weighted by molar-refractivity contribution is -0.258. The average Bonchev–Trinajstić information content (AvgIpc) is 3.52. The van der Waals surface area contributed by atoms with E-state index in [-0.39, 0.29) is 16.4 Å². The first-order valence-electron chi connectivity index (χ1n) is 11.4. The minimum absolute atomic E-state index is 0.0789. The maximum absolute atomic E-state index is 13.2. The third-order valence-electron chi connectivity index (χ3n) is 7.04. The fraction of sp³-hybridized carbons (Fsp3) is 0.542. The van der Waals surface area contributed by atoms with Crippen LogP contribution in [0, 0.1) is 5.41 Å². The second kappa shape index (κ2) is 8.89. The molecule has 2 atom stereocenters. The van der Waals surface area contributed by atoms with Crippen LogP contribution in [0.15, 0.2) is 53.7 Å². The molecule has 1 N–H and O–H groups in total. The molecule has 1 unspecified atom stereocenters. The van der Waals surface area contributed by atoms with Crippen LogP contribution in [0.1, 0.15) is 37.8 Å². The number of aromatic nitrogens is 1. The molecule has 0 bridgehead atoms. The topological polar surface area (TPSA) is 73.7 Å². The van der Waals surface area contributed by atoms with Crippen molar-refractivity contribution in [1.29, 1.82) is 0 Å². The Hall–Kier alpha value is -2.01. The Balaban J connectivity index is 1.41. The van der Waals surface area contributed by atoms with E-state index in [1.807, 2.05) is 19.2 Å². The number of nitrogens with zero attached hydrogens (tertiary/aromatic N) is 3. The van der Waals surface area contributed by atoms with Gasteiger partial charge < -0.3 is 5.11 Å². The van der Waals surface area contributed by atoms with Gasteiger partial charge in [0.25, 0.3) is 0 Å². The molecule has 2 aliphatic rings. The number of pyridine rings is 1. The number of hydrogen-bond acceptors (Lipinski definition) is 5. The number of hydrogen-bond donors (Lipinski definition) is 1. The summed E-state index contributed by atoms with van der Waals surface area (Å²) >= 11 is 0. The Kier molecular flexibility index (Phi) is 6.56. The highest BCUT2D eigenvalue weighted by Crippen LogP contribution is 2.49. The van der Waals surface area contributed by atoms with E-state index in [2.05, 4.69) is 16.0 Å². The van der Waals surface area contributed by atoms with Crippen LogP contribution < -0.4 is 0 Å². The molecule has 10 heteroatoms. The molecule has 2 heterocycles. The van der Waals surface area contributed by atoms with Gasteiger partial charge in [-0.2, -0.15) is 17.5 Å². The van der Waals surface area contributed by atoms with Gasteiger partial charge in [0.2, 0.25) is 10.0 Å². The fourth-order valence-electron chi connectivity index (χ4n) is 4.75. The molecule has 0 amide bonds. The third-order valence-corrected chi connectivity index (χ3v) is 9.07. The zero-order chi connectivity index (χ0) is 24.8. The number of aliphatic hydroxyl groups is 1. The van der Waals surface area contributed by atoms with Crippen LogP contribution in [0.3, 0.4) is 0 Å². The van der Waals surface area contributed by atoms with Crippen LogP contribution in [0.2, 0.25) is 0 Å². The Bertz CT molecular complexity index is 1100. The second-order valence-corrected chi connectivity index (χ2v) is 11.7. The molecule has 34 heavy (non-hydrogen) atoms. The molecule has 6 nitrogen and oxygen atoms in total. The molecule has 1 aromatic carbocycles. The van der Waals surface area contributed by atoms with Crippen molar-refractivity contribution in [2.45, 2.75) is 55.8 Å². The fourth-order valence-corrected chi connectivity index (χ4v) is 6.36. The number of piperazine rings is 1. The number of benzene rings is 1. The predicted octanol–water partition coefficient (Wildman–Crippen LogP) is 3.57. The number of rotatable bonds is 7. The van der Waals surface area contributed by atoms with Gasteiger partial charge in [-0.05, 0) is 67.9 Å². The first-order chi connectivity index (χ1) is 15.8.